The number of anilines is 1. The third-order valence-corrected chi connectivity index (χ3v) is 3.77. The van der Waals surface area contributed by atoms with E-state index in [2.05, 4.69) is 20.9 Å². The quantitative estimate of drug-likeness (QED) is 0.698. The van der Waals surface area contributed by atoms with Crippen molar-refractivity contribution < 1.29 is 9.59 Å². The Morgan fingerprint density at radius 2 is 1.91 bits per heavy atom. The molecule has 0 atom stereocenters. The zero-order chi connectivity index (χ0) is 15.9. The molecule has 3 N–H and O–H groups in total. The van der Waals surface area contributed by atoms with Gasteiger partial charge in [-0.15, -0.1) is 0 Å². The van der Waals surface area contributed by atoms with Crippen LogP contribution in [0.25, 0.3) is 0 Å². The smallest absolute Gasteiger partial charge is 0.313 e. The highest BCUT2D eigenvalue weighted by molar-refractivity contribution is 6.39. The summed E-state index contributed by atoms with van der Waals surface area (Å²) in [6.45, 7) is 9.00. The molecule has 0 spiro atoms. The lowest BCUT2D eigenvalue weighted by atomic mass is 10.1. The van der Waals surface area contributed by atoms with E-state index in [-0.39, 0.29) is 0 Å². The molecule has 1 heterocycles. The molecule has 0 radical (unpaired) electrons. The largest absolute Gasteiger partial charge is 0.347 e. The number of piperazine rings is 1. The van der Waals surface area contributed by atoms with Crippen LogP contribution in [0.15, 0.2) is 18.2 Å². The fourth-order valence-electron chi connectivity index (χ4n) is 2.39. The molecule has 0 bridgehead atoms. The molecule has 2 amide bonds. The Balaban J connectivity index is 1.76. The van der Waals surface area contributed by atoms with Gasteiger partial charge in [0.15, 0.2) is 0 Å². The molecular weight excluding hydrogens is 280 g/mol. The molecule has 0 saturated carbocycles. The van der Waals surface area contributed by atoms with Crippen LogP contribution < -0.4 is 16.0 Å². The normalized spacial score (nSPS) is 15.4. The average molecular weight is 304 g/mol. The van der Waals surface area contributed by atoms with Crippen molar-refractivity contribution in [3.8, 4) is 0 Å². The Kier molecular flexibility index (Phi) is 5.91. The molecule has 1 aromatic carbocycles. The molecule has 2 rings (SSSR count). The van der Waals surface area contributed by atoms with Gasteiger partial charge < -0.3 is 16.0 Å². The summed E-state index contributed by atoms with van der Waals surface area (Å²) in [6, 6.07) is 5.76. The Labute approximate surface area is 131 Å². The summed E-state index contributed by atoms with van der Waals surface area (Å²) in [6.07, 6.45) is 0. The molecular formula is C16H24N4O2. The first-order chi connectivity index (χ1) is 10.6. The van der Waals surface area contributed by atoms with Crippen LogP contribution in [0.3, 0.4) is 0 Å². The maximum atomic E-state index is 11.9. The van der Waals surface area contributed by atoms with E-state index in [4.69, 9.17) is 0 Å². The lowest BCUT2D eigenvalue weighted by molar-refractivity contribution is -0.136. The summed E-state index contributed by atoms with van der Waals surface area (Å²) >= 11 is 0. The molecule has 6 nitrogen and oxygen atoms in total. The maximum absolute atomic E-state index is 11.9. The van der Waals surface area contributed by atoms with Crippen LogP contribution in [0, 0.1) is 13.8 Å². The van der Waals surface area contributed by atoms with Crippen LogP contribution in [-0.4, -0.2) is 56.0 Å². The van der Waals surface area contributed by atoms with Crippen LogP contribution in [0.5, 0.6) is 0 Å². The number of rotatable bonds is 4. The minimum atomic E-state index is -0.617. The van der Waals surface area contributed by atoms with Gasteiger partial charge >= 0.3 is 11.8 Å². The predicted molar refractivity (Wildman–Crippen MR) is 86.9 cm³/mol. The highest BCUT2D eigenvalue weighted by atomic mass is 16.2. The van der Waals surface area contributed by atoms with Gasteiger partial charge in [0, 0.05) is 45.0 Å². The summed E-state index contributed by atoms with van der Waals surface area (Å²) < 4.78 is 0. The van der Waals surface area contributed by atoms with Crippen molar-refractivity contribution in [1.82, 2.24) is 15.5 Å². The first-order valence-electron chi connectivity index (χ1n) is 7.66. The van der Waals surface area contributed by atoms with Gasteiger partial charge in [-0.2, -0.15) is 0 Å². The van der Waals surface area contributed by atoms with E-state index in [1.165, 1.54) is 0 Å². The van der Waals surface area contributed by atoms with Crippen LogP contribution in [0.1, 0.15) is 11.1 Å². The van der Waals surface area contributed by atoms with Gasteiger partial charge in [-0.05, 0) is 31.0 Å². The minimum absolute atomic E-state index is 0.485. The first-order valence-corrected chi connectivity index (χ1v) is 7.66. The Morgan fingerprint density at radius 3 is 2.64 bits per heavy atom. The zero-order valence-electron chi connectivity index (χ0n) is 13.2. The number of aryl methyl sites for hydroxylation is 2. The van der Waals surface area contributed by atoms with E-state index in [0.717, 1.165) is 43.9 Å². The monoisotopic (exact) mass is 304 g/mol. The molecule has 1 aliphatic rings. The van der Waals surface area contributed by atoms with Gasteiger partial charge in [0.25, 0.3) is 0 Å². The van der Waals surface area contributed by atoms with Gasteiger partial charge in [0.1, 0.15) is 0 Å². The summed E-state index contributed by atoms with van der Waals surface area (Å²) in [4.78, 5) is 26.0. The maximum Gasteiger partial charge on any atom is 0.313 e. The Hall–Kier alpha value is -1.92. The molecule has 120 valence electrons. The molecule has 0 unspecified atom stereocenters. The molecule has 0 aliphatic carbocycles. The van der Waals surface area contributed by atoms with Crippen LogP contribution in [0.4, 0.5) is 5.69 Å². The van der Waals surface area contributed by atoms with E-state index in [0.29, 0.717) is 12.2 Å². The molecule has 1 aromatic rings. The third kappa shape index (κ3) is 4.82. The number of amides is 2. The fraction of sp³-hybridized carbons (Fsp3) is 0.500. The second-order valence-corrected chi connectivity index (χ2v) is 5.62. The molecule has 1 aliphatic heterocycles. The lowest BCUT2D eigenvalue weighted by Crippen LogP contribution is -2.47. The Morgan fingerprint density at radius 1 is 1.18 bits per heavy atom. The fourth-order valence-corrected chi connectivity index (χ4v) is 2.39. The van der Waals surface area contributed by atoms with Crippen LogP contribution in [0.2, 0.25) is 0 Å². The second-order valence-electron chi connectivity index (χ2n) is 5.62. The summed E-state index contributed by atoms with van der Waals surface area (Å²) in [5, 5.41) is 8.61. The van der Waals surface area contributed by atoms with Gasteiger partial charge in [-0.3, -0.25) is 14.5 Å². The van der Waals surface area contributed by atoms with Gasteiger partial charge in [0.05, 0.1) is 0 Å². The molecule has 6 heteroatoms. The van der Waals surface area contributed by atoms with Crippen molar-refractivity contribution in [2.75, 3.05) is 44.6 Å². The number of benzene rings is 1. The van der Waals surface area contributed by atoms with Crippen LogP contribution in [-0.2, 0) is 9.59 Å². The molecule has 1 saturated heterocycles. The number of hydrogen-bond acceptors (Lipinski definition) is 4. The number of carbonyl (C=O) groups excluding carboxylic acids is 2. The summed E-state index contributed by atoms with van der Waals surface area (Å²) in [5.74, 6) is -1.20. The van der Waals surface area contributed by atoms with Crippen molar-refractivity contribution in [2.24, 2.45) is 0 Å². The minimum Gasteiger partial charge on any atom is -0.347 e. The van der Waals surface area contributed by atoms with Crippen molar-refractivity contribution >= 4 is 17.5 Å². The van der Waals surface area contributed by atoms with Gasteiger partial charge in [-0.25, -0.2) is 0 Å². The molecule has 22 heavy (non-hydrogen) atoms. The molecule has 1 fully saturated rings. The van der Waals surface area contributed by atoms with Crippen molar-refractivity contribution in [2.45, 2.75) is 13.8 Å². The van der Waals surface area contributed by atoms with E-state index < -0.39 is 11.8 Å². The lowest BCUT2D eigenvalue weighted by Gasteiger charge is -2.26. The van der Waals surface area contributed by atoms with Gasteiger partial charge in [0.2, 0.25) is 0 Å². The molecule has 0 aromatic heterocycles. The van der Waals surface area contributed by atoms with E-state index in [1.807, 2.05) is 32.0 Å². The van der Waals surface area contributed by atoms with E-state index in [9.17, 15) is 9.59 Å². The van der Waals surface area contributed by atoms with E-state index in [1.54, 1.807) is 0 Å². The summed E-state index contributed by atoms with van der Waals surface area (Å²) in [7, 11) is 0. The standard InChI is InChI=1S/C16H24N4O2/c1-12-3-4-13(2)14(11-12)19-16(22)15(21)18-7-10-20-8-5-17-6-9-20/h3-4,11,17H,5-10H2,1-2H3,(H,18,21)(H,19,22). The first kappa shape index (κ1) is 16.5. The highest BCUT2D eigenvalue weighted by Gasteiger charge is 2.15. The highest BCUT2D eigenvalue weighted by Crippen LogP contribution is 2.15. The second kappa shape index (κ2) is 7.91. The van der Waals surface area contributed by atoms with Gasteiger partial charge in [-0.1, -0.05) is 12.1 Å². The number of carbonyl (C=O) groups is 2. The summed E-state index contributed by atoms with van der Waals surface area (Å²) in [5.41, 5.74) is 2.66. The Bertz CT molecular complexity index is 539. The van der Waals surface area contributed by atoms with Crippen molar-refractivity contribution in [1.29, 1.82) is 0 Å². The van der Waals surface area contributed by atoms with Crippen molar-refractivity contribution in [3.63, 3.8) is 0 Å². The number of nitrogens with zero attached hydrogens (tertiary/aromatic N) is 1. The van der Waals surface area contributed by atoms with Crippen LogP contribution >= 0.6 is 0 Å². The third-order valence-electron chi connectivity index (χ3n) is 3.77. The topological polar surface area (TPSA) is 73.5 Å². The number of nitrogens with one attached hydrogen (secondary N) is 3. The predicted octanol–water partition coefficient (Wildman–Crippen LogP) is 0.263. The van der Waals surface area contributed by atoms with Crippen molar-refractivity contribution in [3.05, 3.63) is 29.3 Å². The zero-order valence-corrected chi connectivity index (χ0v) is 13.2. The number of hydrogen-bond donors (Lipinski definition) is 3. The average Bonchev–Trinajstić information content (AvgIpc) is 2.52. The SMILES string of the molecule is Cc1ccc(C)c(NC(=O)C(=O)NCCN2CCNCC2)c1. The van der Waals surface area contributed by atoms with E-state index >= 15 is 0 Å².